The molecule has 6 nitrogen and oxygen atoms in total. The van der Waals surface area contributed by atoms with Crippen LogP contribution in [0, 0.1) is 13.8 Å². The summed E-state index contributed by atoms with van der Waals surface area (Å²) in [7, 11) is 3.73. The van der Waals surface area contributed by atoms with Gasteiger partial charge in [0.2, 0.25) is 0 Å². The molecule has 0 aliphatic carbocycles. The van der Waals surface area contributed by atoms with Gasteiger partial charge in [0, 0.05) is 38.4 Å². The Morgan fingerprint density at radius 3 is 2.37 bits per heavy atom. The summed E-state index contributed by atoms with van der Waals surface area (Å²) >= 11 is 6.19. The Labute approximate surface area is 182 Å². The molecule has 0 aliphatic rings. The van der Waals surface area contributed by atoms with E-state index < -0.39 is 0 Å². The molecule has 0 amide bonds. The van der Waals surface area contributed by atoms with Crippen LogP contribution < -0.4 is 15.4 Å². The van der Waals surface area contributed by atoms with Gasteiger partial charge in [0.1, 0.15) is 12.4 Å². The number of rotatable bonds is 7. The van der Waals surface area contributed by atoms with E-state index in [9.17, 15) is 0 Å². The van der Waals surface area contributed by atoms with E-state index in [1.807, 2.05) is 55.1 Å². The summed E-state index contributed by atoms with van der Waals surface area (Å²) in [6, 6.07) is 15.7. The summed E-state index contributed by atoms with van der Waals surface area (Å²) in [5, 5.41) is 11.8. The molecule has 0 saturated heterocycles. The molecule has 0 fully saturated rings. The Morgan fingerprint density at radius 1 is 1.03 bits per heavy atom. The highest BCUT2D eigenvalue weighted by molar-refractivity contribution is 6.32. The van der Waals surface area contributed by atoms with Crippen molar-refractivity contribution in [3.05, 3.63) is 81.6 Å². The lowest BCUT2D eigenvalue weighted by molar-refractivity contribution is 0.305. The second-order valence-electron chi connectivity index (χ2n) is 7.04. The topological polar surface area (TPSA) is 63.5 Å². The van der Waals surface area contributed by atoms with Crippen molar-refractivity contribution in [1.29, 1.82) is 0 Å². The minimum atomic E-state index is 0.446. The molecule has 1 aromatic heterocycles. The van der Waals surface area contributed by atoms with Crippen molar-refractivity contribution in [2.45, 2.75) is 33.5 Å². The van der Waals surface area contributed by atoms with E-state index in [1.54, 1.807) is 7.05 Å². The Balaban J connectivity index is 1.60. The van der Waals surface area contributed by atoms with Crippen LogP contribution in [0.4, 0.5) is 0 Å². The lowest BCUT2D eigenvalue weighted by atomic mass is 10.1. The van der Waals surface area contributed by atoms with Crippen LogP contribution in [0.25, 0.3) is 0 Å². The monoisotopic (exact) mass is 425 g/mol. The number of para-hydroxylation sites is 1. The van der Waals surface area contributed by atoms with Gasteiger partial charge in [-0.15, -0.1) is 0 Å². The van der Waals surface area contributed by atoms with E-state index >= 15 is 0 Å². The van der Waals surface area contributed by atoms with Gasteiger partial charge in [-0.3, -0.25) is 9.67 Å². The number of ether oxygens (including phenoxy) is 1. The van der Waals surface area contributed by atoms with E-state index in [0.717, 1.165) is 28.5 Å². The van der Waals surface area contributed by atoms with Crippen LogP contribution in [0.5, 0.6) is 5.75 Å². The van der Waals surface area contributed by atoms with Gasteiger partial charge >= 0.3 is 0 Å². The minimum absolute atomic E-state index is 0.446. The molecule has 0 saturated carbocycles. The van der Waals surface area contributed by atoms with Crippen molar-refractivity contribution in [3.63, 3.8) is 0 Å². The van der Waals surface area contributed by atoms with Gasteiger partial charge < -0.3 is 15.4 Å². The number of aromatic nitrogens is 2. The van der Waals surface area contributed by atoms with E-state index in [1.165, 1.54) is 5.56 Å². The molecule has 0 unspecified atom stereocenters. The highest BCUT2D eigenvalue weighted by Crippen LogP contribution is 2.24. The number of aliphatic imine (C=N–C) groups is 1. The summed E-state index contributed by atoms with van der Waals surface area (Å²) in [5.41, 5.74) is 5.60. The molecule has 1 heterocycles. The molecule has 158 valence electrons. The Kier molecular flexibility index (Phi) is 7.36. The fraction of sp³-hybridized carbons (Fsp3) is 0.304. The van der Waals surface area contributed by atoms with Crippen molar-refractivity contribution < 1.29 is 4.74 Å². The molecule has 0 atom stereocenters. The maximum atomic E-state index is 6.19. The lowest BCUT2D eigenvalue weighted by Gasteiger charge is -2.15. The van der Waals surface area contributed by atoms with Crippen molar-refractivity contribution in [2.24, 2.45) is 12.0 Å². The molecule has 2 aromatic carbocycles. The average molecular weight is 426 g/mol. The molecule has 2 N–H and O–H groups in total. The quantitative estimate of drug-likeness (QED) is 0.441. The highest BCUT2D eigenvalue weighted by Gasteiger charge is 2.10. The van der Waals surface area contributed by atoms with E-state index in [2.05, 4.69) is 39.8 Å². The molecule has 0 radical (unpaired) electrons. The lowest BCUT2D eigenvalue weighted by Crippen LogP contribution is -2.36. The molecule has 3 aromatic rings. The first-order valence-electron chi connectivity index (χ1n) is 9.87. The van der Waals surface area contributed by atoms with Gasteiger partial charge in [-0.05, 0) is 37.1 Å². The first-order chi connectivity index (χ1) is 14.5. The van der Waals surface area contributed by atoms with Crippen LogP contribution >= 0.6 is 11.6 Å². The van der Waals surface area contributed by atoms with E-state index in [-0.39, 0.29) is 0 Å². The second-order valence-corrected chi connectivity index (χ2v) is 7.45. The molecular weight excluding hydrogens is 398 g/mol. The van der Waals surface area contributed by atoms with Gasteiger partial charge in [0.15, 0.2) is 5.96 Å². The zero-order valence-electron chi connectivity index (χ0n) is 17.9. The first-order valence-corrected chi connectivity index (χ1v) is 10.2. The molecule has 0 spiro atoms. The SMILES string of the molecule is CN=C(NCc1ccccc1COc1ccccc1Cl)NCc1c(C)nn(C)c1C. The number of aryl methyl sites for hydroxylation is 2. The summed E-state index contributed by atoms with van der Waals surface area (Å²) in [4.78, 5) is 4.34. The maximum absolute atomic E-state index is 6.19. The third-order valence-electron chi connectivity index (χ3n) is 5.10. The number of benzene rings is 2. The Hall–Kier alpha value is -2.99. The Bertz CT molecular complexity index is 1030. The number of nitrogens with zero attached hydrogens (tertiary/aromatic N) is 3. The zero-order chi connectivity index (χ0) is 21.5. The number of nitrogens with one attached hydrogen (secondary N) is 2. The molecule has 0 bridgehead atoms. The van der Waals surface area contributed by atoms with Crippen LogP contribution in [0.15, 0.2) is 53.5 Å². The molecular formula is C23H28ClN5O. The number of hydrogen-bond acceptors (Lipinski definition) is 3. The third kappa shape index (κ3) is 5.33. The van der Waals surface area contributed by atoms with Crippen molar-refractivity contribution in [2.75, 3.05) is 7.05 Å². The summed E-state index contributed by atoms with van der Waals surface area (Å²) in [6.07, 6.45) is 0. The molecule has 3 rings (SSSR count). The average Bonchev–Trinajstić information content (AvgIpc) is 2.99. The fourth-order valence-electron chi connectivity index (χ4n) is 3.23. The second kappa shape index (κ2) is 10.2. The third-order valence-corrected chi connectivity index (χ3v) is 5.41. The number of guanidine groups is 1. The van der Waals surface area contributed by atoms with Crippen LogP contribution in [-0.2, 0) is 26.7 Å². The predicted octanol–water partition coefficient (Wildman–Crippen LogP) is 4.13. The van der Waals surface area contributed by atoms with Crippen molar-refractivity contribution >= 4 is 17.6 Å². The highest BCUT2D eigenvalue weighted by atomic mass is 35.5. The van der Waals surface area contributed by atoms with Gasteiger partial charge in [-0.25, -0.2) is 0 Å². The fourth-order valence-corrected chi connectivity index (χ4v) is 3.42. The number of hydrogen-bond donors (Lipinski definition) is 2. The van der Waals surface area contributed by atoms with E-state index in [4.69, 9.17) is 16.3 Å². The summed E-state index contributed by atoms with van der Waals surface area (Å²) in [6.45, 7) is 5.84. The molecule has 30 heavy (non-hydrogen) atoms. The van der Waals surface area contributed by atoms with Crippen LogP contribution in [0.2, 0.25) is 5.02 Å². The van der Waals surface area contributed by atoms with E-state index in [0.29, 0.717) is 30.5 Å². The van der Waals surface area contributed by atoms with Crippen LogP contribution in [0.3, 0.4) is 0 Å². The summed E-state index contributed by atoms with van der Waals surface area (Å²) < 4.78 is 7.82. The first kappa shape index (κ1) is 21.7. The van der Waals surface area contributed by atoms with Crippen LogP contribution in [-0.4, -0.2) is 22.8 Å². The Morgan fingerprint density at radius 2 is 1.70 bits per heavy atom. The number of halogens is 1. The smallest absolute Gasteiger partial charge is 0.191 e. The standard InChI is InChI=1S/C23H28ClN5O/c1-16-20(17(2)29(4)28-16)14-27-23(25-3)26-13-18-9-5-6-10-19(18)15-30-22-12-8-7-11-21(22)24/h5-12H,13-15H2,1-4H3,(H2,25,26,27). The maximum Gasteiger partial charge on any atom is 0.191 e. The summed E-state index contributed by atoms with van der Waals surface area (Å²) in [5.74, 6) is 1.42. The normalized spacial score (nSPS) is 11.4. The van der Waals surface area contributed by atoms with Crippen molar-refractivity contribution in [1.82, 2.24) is 20.4 Å². The van der Waals surface area contributed by atoms with Gasteiger partial charge in [0.25, 0.3) is 0 Å². The van der Waals surface area contributed by atoms with Gasteiger partial charge in [-0.2, -0.15) is 5.10 Å². The predicted molar refractivity (Wildman–Crippen MR) is 122 cm³/mol. The minimum Gasteiger partial charge on any atom is -0.487 e. The van der Waals surface area contributed by atoms with Gasteiger partial charge in [-0.1, -0.05) is 48.0 Å². The van der Waals surface area contributed by atoms with Crippen molar-refractivity contribution in [3.8, 4) is 5.75 Å². The largest absolute Gasteiger partial charge is 0.487 e. The van der Waals surface area contributed by atoms with Gasteiger partial charge in [0.05, 0.1) is 10.7 Å². The van der Waals surface area contributed by atoms with Crippen LogP contribution in [0.1, 0.15) is 28.1 Å². The molecule has 7 heteroatoms. The molecule has 0 aliphatic heterocycles. The zero-order valence-corrected chi connectivity index (χ0v) is 18.6.